The highest BCUT2D eigenvalue weighted by molar-refractivity contribution is 7.92. The maximum atomic E-state index is 13.1. The number of rotatable bonds is 6. The van der Waals surface area contributed by atoms with Crippen LogP contribution in [0.5, 0.6) is 0 Å². The van der Waals surface area contributed by atoms with E-state index in [4.69, 9.17) is 11.6 Å². The summed E-state index contributed by atoms with van der Waals surface area (Å²) in [6.07, 6.45) is 0.823. The second-order valence-corrected chi connectivity index (χ2v) is 7.10. The zero-order valence-corrected chi connectivity index (χ0v) is 14.4. The fourth-order valence-electron chi connectivity index (χ4n) is 1.89. The first-order valence-electron chi connectivity index (χ1n) is 7.19. The van der Waals surface area contributed by atoms with Gasteiger partial charge in [0.1, 0.15) is 5.82 Å². The molecule has 0 aromatic heterocycles. The Labute approximate surface area is 144 Å². The van der Waals surface area contributed by atoms with Gasteiger partial charge in [0.05, 0.1) is 9.92 Å². The van der Waals surface area contributed by atoms with Gasteiger partial charge < -0.3 is 5.32 Å². The Hall–Kier alpha value is -2.12. The molecule has 2 aromatic carbocycles. The molecule has 2 aromatic rings. The molecule has 128 valence electrons. The fourth-order valence-corrected chi connectivity index (χ4v) is 3.22. The van der Waals surface area contributed by atoms with E-state index in [1.165, 1.54) is 24.3 Å². The molecule has 0 fully saturated rings. The monoisotopic (exact) mass is 370 g/mol. The quantitative estimate of drug-likeness (QED) is 0.818. The maximum Gasteiger partial charge on any atom is 0.261 e. The van der Waals surface area contributed by atoms with Gasteiger partial charge in [-0.3, -0.25) is 9.52 Å². The predicted octanol–water partition coefficient (Wildman–Crippen LogP) is 3.42. The zero-order chi connectivity index (χ0) is 17.7. The lowest BCUT2D eigenvalue weighted by atomic mass is 10.2. The van der Waals surface area contributed by atoms with E-state index >= 15 is 0 Å². The van der Waals surface area contributed by atoms with Gasteiger partial charge in [-0.1, -0.05) is 18.5 Å². The smallest absolute Gasteiger partial charge is 0.261 e. The van der Waals surface area contributed by atoms with Crippen molar-refractivity contribution in [2.24, 2.45) is 0 Å². The number of anilines is 1. The minimum Gasteiger partial charge on any atom is -0.352 e. The van der Waals surface area contributed by atoms with Crippen molar-refractivity contribution in [1.82, 2.24) is 5.32 Å². The molecule has 8 heteroatoms. The van der Waals surface area contributed by atoms with Crippen molar-refractivity contribution < 1.29 is 17.6 Å². The van der Waals surface area contributed by atoms with Crippen LogP contribution in [0.1, 0.15) is 23.7 Å². The van der Waals surface area contributed by atoms with Gasteiger partial charge >= 0.3 is 0 Å². The number of nitrogens with one attached hydrogen (secondary N) is 2. The maximum absolute atomic E-state index is 13.1. The van der Waals surface area contributed by atoms with E-state index in [2.05, 4.69) is 10.0 Å². The normalized spacial score (nSPS) is 11.1. The SMILES string of the molecule is CCCNC(=O)c1ccc(NS(=O)(=O)c2ccc(F)c(Cl)c2)cc1. The number of amides is 1. The minimum atomic E-state index is -3.90. The van der Waals surface area contributed by atoms with Crippen LogP contribution < -0.4 is 10.0 Å². The van der Waals surface area contributed by atoms with Crippen LogP contribution in [0.4, 0.5) is 10.1 Å². The lowest BCUT2D eigenvalue weighted by molar-refractivity contribution is 0.0953. The van der Waals surface area contributed by atoms with E-state index in [-0.39, 0.29) is 21.5 Å². The Kier molecular flexibility index (Phi) is 5.80. The van der Waals surface area contributed by atoms with Crippen molar-refractivity contribution >= 4 is 33.2 Å². The molecule has 0 heterocycles. The fraction of sp³-hybridized carbons (Fsp3) is 0.188. The van der Waals surface area contributed by atoms with Crippen LogP contribution in [-0.4, -0.2) is 20.9 Å². The van der Waals surface area contributed by atoms with Gasteiger partial charge in [0.25, 0.3) is 15.9 Å². The second kappa shape index (κ2) is 7.63. The van der Waals surface area contributed by atoms with Gasteiger partial charge in [0, 0.05) is 17.8 Å². The molecule has 1 amide bonds. The Balaban J connectivity index is 2.15. The molecule has 0 unspecified atom stereocenters. The number of halogens is 2. The predicted molar refractivity (Wildman–Crippen MR) is 91.3 cm³/mol. The van der Waals surface area contributed by atoms with Gasteiger partial charge in [-0.05, 0) is 48.9 Å². The number of hydrogen-bond donors (Lipinski definition) is 2. The molecule has 0 spiro atoms. The van der Waals surface area contributed by atoms with Gasteiger partial charge in [0.15, 0.2) is 0 Å². The van der Waals surface area contributed by atoms with Gasteiger partial charge in [0.2, 0.25) is 0 Å². The standard InChI is InChI=1S/C16H16ClFN2O3S/c1-2-9-19-16(21)11-3-5-12(6-4-11)20-24(22,23)13-7-8-15(18)14(17)10-13/h3-8,10,20H,2,9H2,1H3,(H,19,21). The van der Waals surface area contributed by atoms with Crippen LogP contribution in [-0.2, 0) is 10.0 Å². The molecule has 0 aliphatic rings. The molecule has 0 saturated carbocycles. The number of carbonyl (C=O) groups is 1. The third-order valence-electron chi connectivity index (χ3n) is 3.14. The third-order valence-corrected chi connectivity index (χ3v) is 4.80. The Bertz CT molecular complexity index is 839. The first-order chi connectivity index (χ1) is 11.3. The average molecular weight is 371 g/mol. The van der Waals surface area contributed by atoms with E-state index in [0.717, 1.165) is 24.6 Å². The Morgan fingerprint density at radius 1 is 1.17 bits per heavy atom. The number of carbonyl (C=O) groups excluding carboxylic acids is 1. The largest absolute Gasteiger partial charge is 0.352 e. The molecular weight excluding hydrogens is 355 g/mol. The molecule has 0 aliphatic carbocycles. The minimum absolute atomic E-state index is 0.154. The van der Waals surface area contributed by atoms with Crippen LogP contribution >= 0.6 is 11.6 Å². The highest BCUT2D eigenvalue weighted by atomic mass is 35.5. The summed E-state index contributed by atoms with van der Waals surface area (Å²) in [5, 5.41) is 2.45. The molecular formula is C16H16ClFN2O3S. The van der Waals surface area contributed by atoms with Gasteiger partial charge in [-0.15, -0.1) is 0 Å². The second-order valence-electron chi connectivity index (χ2n) is 5.01. The first-order valence-corrected chi connectivity index (χ1v) is 9.05. The zero-order valence-electron chi connectivity index (χ0n) is 12.8. The van der Waals surface area contributed by atoms with Gasteiger partial charge in [-0.2, -0.15) is 0 Å². The average Bonchev–Trinajstić information content (AvgIpc) is 2.55. The van der Waals surface area contributed by atoms with Crippen LogP contribution in [0.25, 0.3) is 0 Å². The van der Waals surface area contributed by atoms with E-state index in [1.54, 1.807) is 0 Å². The summed E-state index contributed by atoms with van der Waals surface area (Å²) in [6, 6.07) is 9.12. The lowest BCUT2D eigenvalue weighted by Crippen LogP contribution is -2.23. The van der Waals surface area contributed by atoms with Crippen molar-refractivity contribution in [3.05, 3.63) is 58.9 Å². The molecule has 2 N–H and O–H groups in total. The summed E-state index contributed by atoms with van der Waals surface area (Å²) in [4.78, 5) is 11.6. The summed E-state index contributed by atoms with van der Waals surface area (Å²) in [5.74, 6) is -0.922. The van der Waals surface area contributed by atoms with Crippen LogP contribution in [0.3, 0.4) is 0 Å². The molecule has 5 nitrogen and oxygen atoms in total. The van der Waals surface area contributed by atoms with E-state index in [1.807, 2.05) is 6.92 Å². The molecule has 0 radical (unpaired) electrons. The number of benzene rings is 2. The summed E-state index contributed by atoms with van der Waals surface area (Å²) in [6.45, 7) is 2.51. The summed E-state index contributed by atoms with van der Waals surface area (Å²) >= 11 is 5.61. The molecule has 0 aliphatic heterocycles. The molecule has 2 rings (SSSR count). The highest BCUT2D eigenvalue weighted by Gasteiger charge is 2.16. The van der Waals surface area contributed by atoms with Crippen molar-refractivity contribution in [3.63, 3.8) is 0 Å². The van der Waals surface area contributed by atoms with Crippen molar-refractivity contribution in [3.8, 4) is 0 Å². The topological polar surface area (TPSA) is 75.3 Å². The Morgan fingerprint density at radius 3 is 2.42 bits per heavy atom. The summed E-state index contributed by atoms with van der Waals surface area (Å²) in [7, 11) is -3.90. The lowest BCUT2D eigenvalue weighted by Gasteiger charge is -2.09. The number of sulfonamides is 1. The molecule has 0 saturated heterocycles. The summed E-state index contributed by atoms with van der Waals surface area (Å²) < 4.78 is 40.0. The first kappa shape index (κ1) is 18.2. The molecule has 0 bridgehead atoms. The number of hydrogen-bond acceptors (Lipinski definition) is 3. The van der Waals surface area contributed by atoms with Crippen molar-refractivity contribution in [2.45, 2.75) is 18.2 Å². The van der Waals surface area contributed by atoms with Gasteiger partial charge in [-0.25, -0.2) is 12.8 Å². The van der Waals surface area contributed by atoms with Crippen LogP contribution in [0.15, 0.2) is 47.4 Å². The van der Waals surface area contributed by atoms with Crippen molar-refractivity contribution in [1.29, 1.82) is 0 Å². The van der Waals surface area contributed by atoms with Crippen molar-refractivity contribution in [2.75, 3.05) is 11.3 Å². The molecule has 0 atom stereocenters. The molecule has 24 heavy (non-hydrogen) atoms. The van der Waals surface area contributed by atoms with E-state index in [0.29, 0.717) is 12.1 Å². The summed E-state index contributed by atoms with van der Waals surface area (Å²) in [5.41, 5.74) is 0.707. The highest BCUT2D eigenvalue weighted by Crippen LogP contribution is 2.22. The Morgan fingerprint density at radius 2 is 1.83 bits per heavy atom. The third kappa shape index (κ3) is 4.46. The van der Waals surface area contributed by atoms with E-state index in [9.17, 15) is 17.6 Å². The van der Waals surface area contributed by atoms with Crippen LogP contribution in [0, 0.1) is 5.82 Å². The van der Waals surface area contributed by atoms with Crippen LogP contribution in [0.2, 0.25) is 5.02 Å². The van der Waals surface area contributed by atoms with E-state index < -0.39 is 15.8 Å².